The number of aromatic nitrogens is 1. The van der Waals surface area contributed by atoms with Crippen LogP contribution in [-0.4, -0.2) is 21.5 Å². The van der Waals surface area contributed by atoms with Crippen LogP contribution >= 0.6 is 11.3 Å². The van der Waals surface area contributed by atoms with Gasteiger partial charge in [0.2, 0.25) is 0 Å². The summed E-state index contributed by atoms with van der Waals surface area (Å²) in [5.41, 5.74) is 1.89. The zero-order valence-electron chi connectivity index (χ0n) is 12.9. The maximum atomic E-state index is 11.8. The largest absolute Gasteiger partial charge is 0.334 e. The van der Waals surface area contributed by atoms with Crippen molar-refractivity contribution in [2.45, 2.75) is 36.7 Å². The highest BCUT2D eigenvalue weighted by atomic mass is 32.2. The van der Waals surface area contributed by atoms with Gasteiger partial charge in [0.1, 0.15) is 0 Å². The Bertz CT molecular complexity index is 708. The molecule has 0 saturated heterocycles. The first-order chi connectivity index (χ1) is 11.1. The van der Waals surface area contributed by atoms with Crippen molar-refractivity contribution in [1.82, 2.24) is 15.6 Å². The van der Waals surface area contributed by atoms with Gasteiger partial charge in [-0.3, -0.25) is 4.21 Å². The number of benzene rings is 1. The predicted octanol–water partition coefficient (Wildman–Crippen LogP) is 2.76. The van der Waals surface area contributed by atoms with E-state index in [1.807, 2.05) is 29.6 Å². The third-order valence-electron chi connectivity index (χ3n) is 3.63. The molecule has 5 nitrogen and oxygen atoms in total. The summed E-state index contributed by atoms with van der Waals surface area (Å²) in [6.45, 7) is 0.885. The molecule has 1 heterocycles. The average molecular weight is 349 g/mol. The minimum Gasteiger partial charge on any atom is -0.334 e. The van der Waals surface area contributed by atoms with Gasteiger partial charge >= 0.3 is 6.03 Å². The van der Waals surface area contributed by atoms with E-state index in [0.717, 1.165) is 16.2 Å². The highest BCUT2D eigenvalue weighted by Gasteiger charge is 2.26. The van der Waals surface area contributed by atoms with Crippen LogP contribution in [0, 0.1) is 0 Å². The van der Waals surface area contributed by atoms with Crippen molar-refractivity contribution < 1.29 is 9.00 Å². The quantitative estimate of drug-likeness (QED) is 0.842. The number of urea groups is 1. The number of hydrogen-bond donors (Lipinski definition) is 2. The van der Waals surface area contributed by atoms with Gasteiger partial charge in [-0.2, -0.15) is 0 Å². The van der Waals surface area contributed by atoms with Gasteiger partial charge in [0.25, 0.3) is 0 Å². The Labute approximate surface area is 142 Å². The number of carbonyl (C=O) groups excluding carboxylic acids is 1. The van der Waals surface area contributed by atoms with Crippen molar-refractivity contribution >= 4 is 28.2 Å². The summed E-state index contributed by atoms with van der Waals surface area (Å²) < 4.78 is 11.3. The normalized spacial score (nSPS) is 15.2. The second kappa shape index (κ2) is 7.23. The van der Waals surface area contributed by atoms with Crippen LogP contribution in [0.5, 0.6) is 0 Å². The average Bonchev–Trinajstić information content (AvgIpc) is 3.30. The fraction of sp³-hybridized carbons (Fsp3) is 0.375. The van der Waals surface area contributed by atoms with Gasteiger partial charge in [-0.05, 0) is 30.5 Å². The molecular formula is C16H19N3O2S2. The number of nitrogens with one attached hydrogen (secondary N) is 2. The van der Waals surface area contributed by atoms with E-state index in [1.54, 1.807) is 17.6 Å². The topological polar surface area (TPSA) is 71.1 Å². The van der Waals surface area contributed by atoms with Gasteiger partial charge in [0.15, 0.2) is 0 Å². The van der Waals surface area contributed by atoms with Crippen LogP contribution in [0.3, 0.4) is 0 Å². The molecule has 122 valence electrons. The van der Waals surface area contributed by atoms with Crippen LogP contribution in [0.25, 0.3) is 0 Å². The summed E-state index contributed by atoms with van der Waals surface area (Å²) in [5.74, 6) is 0.656. The Morgan fingerprint density at radius 1 is 1.26 bits per heavy atom. The molecular weight excluding hydrogens is 330 g/mol. The Kier molecular flexibility index (Phi) is 5.07. The summed E-state index contributed by atoms with van der Waals surface area (Å²) in [6.07, 6.45) is 4.13. The fourth-order valence-electron chi connectivity index (χ4n) is 2.14. The van der Waals surface area contributed by atoms with Gasteiger partial charge in [-0.25, -0.2) is 9.78 Å². The van der Waals surface area contributed by atoms with Crippen LogP contribution in [0.4, 0.5) is 4.79 Å². The first-order valence-electron chi connectivity index (χ1n) is 7.50. The highest BCUT2D eigenvalue weighted by Crippen LogP contribution is 2.41. The zero-order valence-corrected chi connectivity index (χ0v) is 14.5. The number of hydrogen-bond acceptors (Lipinski definition) is 4. The van der Waals surface area contributed by atoms with Crippen molar-refractivity contribution in [1.29, 1.82) is 0 Å². The molecule has 1 aromatic carbocycles. The van der Waals surface area contributed by atoms with Gasteiger partial charge in [0.05, 0.1) is 17.2 Å². The van der Waals surface area contributed by atoms with E-state index >= 15 is 0 Å². The number of thiazole rings is 1. The molecule has 1 aliphatic rings. The lowest BCUT2D eigenvalue weighted by Crippen LogP contribution is -2.34. The third-order valence-corrected chi connectivity index (χ3v) is 5.63. The van der Waals surface area contributed by atoms with E-state index in [9.17, 15) is 9.00 Å². The van der Waals surface area contributed by atoms with E-state index < -0.39 is 10.8 Å². The molecule has 1 fully saturated rings. The maximum Gasteiger partial charge on any atom is 0.315 e. The van der Waals surface area contributed by atoms with Crippen LogP contribution in [0.2, 0.25) is 0 Å². The fourth-order valence-corrected chi connectivity index (χ4v) is 3.65. The molecule has 0 aliphatic heterocycles. The summed E-state index contributed by atoms with van der Waals surface area (Å²) in [4.78, 5) is 17.1. The smallest absolute Gasteiger partial charge is 0.315 e. The minimum absolute atomic E-state index is 0.214. The first-order valence-corrected chi connectivity index (χ1v) is 9.94. The Hall–Kier alpha value is -1.73. The van der Waals surface area contributed by atoms with Crippen molar-refractivity contribution in [2.75, 3.05) is 6.26 Å². The third kappa shape index (κ3) is 4.62. The number of rotatable bonds is 6. The zero-order chi connectivity index (χ0) is 16.2. The molecule has 1 saturated carbocycles. The lowest BCUT2D eigenvalue weighted by Gasteiger charge is -2.07. The second-order valence-corrected chi connectivity index (χ2v) is 7.85. The number of amides is 2. The number of nitrogens with zero attached hydrogens (tertiary/aromatic N) is 1. The second-order valence-electron chi connectivity index (χ2n) is 5.59. The van der Waals surface area contributed by atoms with Crippen molar-refractivity contribution in [3.8, 4) is 0 Å². The van der Waals surface area contributed by atoms with Crippen LogP contribution in [-0.2, 0) is 23.9 Å². The molecule has 23 heavy (non-hydrogen) atoms. The van der Waals surface area contributed by atoms with Crippen molar-refractivity contribution in [2.24, 2.45) is 0 Å². The monoisotopic (exact) mass is 349 g/mol. The van der Waals surface area contributed by atoms with E-state index in [4.69, 9.17) is 0 Å². The van der Waals surface area contributed by atoms with E-state index in [-0.39, 0.29) is 6.03 Å². The molecule has 1 aliphatic carbocycles. The Morgan fingerprint density at radius 2 is 1.96 bits per heavy atom. The molecule has 1 atom stereocenters. The van der Waals surface area contributed by atoms with Crippen LogP contribution in [0.15, 0.2) is 34.5 Å². The standard InChI is InChI=1S/C16H19N3O2S2/c1-23(21)14-6-2-11(3-7-14)8-17-16(20)18-9-13-10-22-15(19-13)12-4-5-12/h2-3,6-7,10,12H,4-5,8-9H2,1H3,(H2,17,18,20)/t23-/m1/s1. The van der Waals surface area contributed by atoms with E-state index in [2.05, 4.69) is 15.6 Å². The van der Waals surface area contributed by atoms with Crippen molar-refractivity contribution in [3.63, 3.8) is 0 Å². The molecule has 7 heteroatoms. The van der Waals surface area contributed by atoms with E-state index in [0.29, 0.717) is 19.0 Å². The van der Waals surface area contributed by atoms with Crippen molar-refractivity contribution in [3.05, 3.63) is 45.9 Å². The molecule has 2 aromatic rings. The van der Waals surface area contributed by atoms with E-state index in [1.165, 1.54) is 17.8 Å². The lowest BCUT2D eigenvalue weighted by molar-refractivity contribution is 0.240. The van der Waals surface area contributed by atoms with Gasteiger partial charge in [-0.15, -0.1) is 11.3 Å². The van der Waals surface area contributed by atoms with Crippen LogP contribution in [0.1, 0.15) is 35.0 Å². The summed E-state index contributed by atoms with van der Waals surface area (Å²) in [7, 11) is -0.977. The van der Waals surface area contributed by atoms with Gasteiger partial charge in [-0.1, -0.05) is 12.1 Å². The molecule has 0 unspecified atom stereocenters. The molecule has 2 N–H and O–H groups in total. The minimum atomic E-state index is -0.977. The van der Waals surface area contributed by atoms with Gasteiger partial charge in [0, 0.05) is 39.8 Å². The first kappa shape index (κ1) is 16.1. The summed E-state index contributed by atoms with van der Waals surface area (Å²) >= 11 is 1.68. The molecule has 2 amide bonds. The summed E-state index contributed by atoms with van der Waals surface area (Å²) in [5, 5.41) is 8.83. The molecule has 1 aromatic heterocycles. The Balaban J connectivity index is 1.42. The maximum absolute atomic E-state index is 11.8. The predicted molar refractivity (Wildman–Crippen MR) is 91.9 cm³/mol. The van der Waals surface area contributed by atoms with Crippen LogP contribution < -0.4 is 10.6 Å². The molecule has 0 radical (unpaired) electrons. The lowest BCUT2D eigenvalue weighted by atomic mass is 10.2. The Morgan fingerprint density at radius 3 is 2.61 bits per heavy atom. The SMILES string of the molecule is C[S@@](=O)c1ccc(CNC(=O)NCc2csc(C3CC3)n2)cc1. The van der Waals surface area contributed by atoms with Gasteiger partial charge < -0.3 is 10.6 Å². The molecule has 0 spiro atoms. The highest BCUT2D eigenvalue weighted by molar-refractivity contribution is 7.84. The summed E-state index contributed by atoms with van der Waals surface area (Å²) in [6, 6.07) is 7.17. The molecule has 0 bridgehead atoms. The molecule has 3 rings (SSSR count). The number of carbonyl (C=O) groups is 1.